The SMILES string of the molecule is CCc1ccc(N2CCCN(c3ccnc4sc(C(N)=O)c(N)c34)CC2)cc1. The number of aromatic nitrogens is 1. The van der Waals surface area contributed by atoms with Crippen molar-refractivity contribution >= 4 is 44.5 Å². The van der Waals surface area contributed by atoms with Gasteiger partial charge in [0.05, 0.1) is 16.8 Å². The molecule has 1 aliphatic heterocycles. The number of fused-ring (bicyclic) bond motifs is 1. The highest BCUT2D eigenvalue weighted by atomic mass is 32.1. The van der Waals surface area contributed by atoms with Gasteiger partial charge in [-0.3, -0.25) is 4.79 Å². The van der Waals surface area contributed by atoms with Gasteiger partial charge in [0.15, 0.2) is 0 Å². The number of primary amides is 1. The van der Waals surface area contributed by atoms with E-state index < -0.39 is 5.91 Å². The molecule has 6 nitrogen and oxygen atoms in total. The Morgan fingerprint density at radius 2 is 1.82 bits per heavy atom. The third kappa shape index (κ3) is 3.38. The Morgan fingerprint density at radius 1 is 1.11 bits per heavy atom. The summed E-state index contributed by atoms with van der Waals surface area (Å²) in [4.78, 5) is 22.0. The molecule has 4 rings (SSSR count). The second-order valence-electron chi connectivity index (χ2n) is 7.07. The van der Waals surface area contributed by atoms with E-state index in [4.69, 9.17) is 11.5 Å². The molecule has 0 atom stereocenters. The average Bonchev–Trinajstić information content (AvgIpc) is 2.90. The first-order valence-electron chi connectivity index (χ1n) is 9.64. The number of nitrogen functional groups attached to an aromatic ring is 1. The molecule has 3 aromatic rings. The molecule has 4 N–H and O–H groups in total. The fourth-order valence-electron chi connectivity index (χ4n) is 3.83. The molecule has 0 radical (unpaired) electrons. The van der Waals surface area contributed by atoms with Crippen LogP contribution in [0.25, 0.3) is 10.2 Å². The smallest absolute Gasteiger partial charge is 0.260 e. The topological polar surface area (TPSA) is 88.5 Å². The zero-order valence-corrected chi connectivity index (χ0v) is 16.8. The van der Waals surface area contributed by atoms with Crippen molar-refractivity contribution in [2.45, 2.75) is 19.8 Å². The highest BCUT2D eigenvalue weighted by Gasteiger charge is 2.22. The Hall–Kier alpha value is -2.80. The summed E-state index contributed by atoms with van der Waals surface area (Å²) in [6, 6.07) is 10.8. The zero-order chi connectivity index (χ0) is 19.7. The van der Waals surface area contributed by atoms with Gasteiger partial charge in [-0.1, -0.05) is 19.1 Å². The predicted octanol–water partition coefficient (Wildman–Crippen LogP) is 3.26. The fraction of sp³-hybridized carbons (Fsp3) is 0.333. The van der Waals surface area contributed by atoms with Crippen LogP contribution >= 0.6 is 11.3 Å². The second-order valence-corrected chi connectivity index (χ2v) is 8.07. The minimum absolute atomic E-state index is 0.391. The molecule has 1 aromatic carbocycles. The van der Waals surface area contributed by atoms with E-state index in [0.717, 1.165) is 54.9 Å². The summed E-state index contributed by atoms with van der Waals surface area (Å²) in [6.07, 6.45) is 3.89. The summed E-state index contributed by atoms with van der Waals surface area (Å²) in [5, 5.41) is 0.849. The molecule has 1 aliphatic rings. The molecule has 0 saturated carbocycles. The first-order valence-corrected chi connectivity index (χ1v) is 10.5. The Bertz CT molecular complexity index is 998. The molecular weight excluding hydrogens is 370 g/mol. The first kappa shape index (κ1) is 18.6. The molecular formula is C21H25N5OS. The molecule has 1 fully saturated rings. The average molecular weight is 396 g/mol. The van der Waals surface area contributed by atoms with Crippen LogP contribution in [-0.2, 0) is 6.42 Å². The Kier molecular flexibility index (Phi) is 5.09. The van der Waals surface area contributed by atoms with Crippen LogP contribution in [0.4, 0.5) is 17.1 Å². The maximum Gasteiger partial charge on any atom is 0.260 e. The number of carbonyl (C=O) groups is 1. The Labute approximate surface area is 168 Å². The quantitative estimate of drug-likeness (QED) is 0.708. The van der Waals surface area contributed by atoms with Crippen molar-refractivity contribution in [1.29, 1.82) is 0 Å². The van der Waals surface area contributed by atoms with Gasteiger partial charge < -0.3 is 21.3 Å². The standard InChI is InChI=1S/C21H25N5OS/c1-2-14-4-6-15(7-5-14)25-10-3-11-26(13-12-25)16-8-9-24-21-17(16)18(22)19(28-21)20(23)27/h4-9H,2-3,10-13,22H2,1H3,(H2,23,27). The molecule has 28 heavy (non-hydrogen) atoms. The third-order valence-corrected chi connectivity index (χ3v) is 6.51. The van der Waals surface area contributed by atoms with Gasteiger partial charge in [-0.2, -0.15) is 0 Å². The number of hydrogen-bond acceptors (Lipinski definition) is 6. The van der Waals surface area contributed by atoms with Crippen molar-refractivity contribution in [3.63, 3.8) is 0 Å². The summed E-state index contributed by atoms with van der Waals surface area (Å²) >= 11 is 1.27. The van der Waals surface area contributed by atoms with Crippen LogP contribution in [0.2, 0.25) is 0 Å². The summed E-state index contributed by atoms with van der Waals surface area (Å²) in [5.74, 6) is -0.496. The molecule has 7 heteroatoms. The maximum absolute atomic E-state index is 11.7. The maximum atomic E-state index is 11.7. The summed E-state index contributed by atoms with van der Waals surface area (Å²) < 4.78 is 0. The second kappa shape index (κ2) is 7.67. The number of amides is 1. The van der Waals surface area contributed by atoms with Crippen LogP contribution in [0, 0.1) is 0 Å². The van der Waals surface area contributed by atoms with Crippen molar-refractivity contribution in [3.8, 4) is 0 Å². The van der Waals surface area contributed by atoms with E-state index in [1.54, 1.807) is 6.20 Å². The van der Waals surface area contributed by atoms with E-state index in [1.165, 1.54) is 22.6 Å². The normalized spacial score (nSPS) is 15.0. The minimum atomic E-state index is -0.496. The number of carbonyl (C=O) groups excluding carboxylic acids is 1. The van der Waals surface area contributed by atoms with Crippen LogP contribution in [0.15, 0.2) is 36.5 Å². The van der Waals surface area contributed by atoms with Gasteiger partial charge in [0, 0.05) is 38.1 Å². The lowest BCUT2D eigenvalue weighted by molar-refractivity contribution is 0.100. The van der Waals surface area contributed by atoms with Gasteiger partial charge in [-0.25, -0.2) is 4.98 Å². The fourth-order valence-corrected chi connectivity index (χ4v) is 4.77. The third-order valence-electron chi connectivity index (χ3n) is 5.38. The first-order chi connectivity index (χ1) is 13.6. The van der Waals surface area contributed by atoms with E-state index in [9.17, 15) is 4.79 Å². The largest absolute Gasteiger partial charge is 0.397 e. The van der Waals surface area contributed by atoms with Crippen molar-refractivity contribution in [2.24, 2.45) is 5.73 Å². The number of thiophene rings is 1. The van der Waals surface area contributed by atoms with Gasteiger partial charge in [0.25, 0.3) is 5.91 Å². The number of rotatable bonds is 4. The van der Waals surface area contributed by atoms with Crippen molar-refractivity contribution in [1.82, 2.24) is 4.98 Å². The van der Waals surface area contributed by atoms with E-state index in [2.05, 4.69) is 46.0 Å². The van der Waals surface area contributed by atoms with E-state index in [-0.39, 0.29) is 0 Å². The van der Waals surface area contributed by atoms with Crippen LogP contribution in [0.1, 0.15) is 28.6 Å². The Morgan fingerprint density at radius 3 is 2.54 bits per heavy atom. The molecule has 1 saturated heterocycles. The van der Waals surface area contributed by atoms with Crippen molar-refractivity contribution in [3.05, 3.63) is 47.0 Å². The molecule has 146 valence electrons. The molecule has 3 heterocycles. The minimum Gasteiger partial charge on any atom is -0.397 e. The number of nitrogens with zero attached hydrogens (tertiary/aromatic N) is 3. The Balaban J connectivity index is 1.60. The van der Waals surface area contributed by atoms with Crippen LogP contribution in [-0.4, -0.2) is 37.1 Å². The van der Waals surface area contributed by atoms with Gasteiger partial charge in [0.2, 0.25) is 0 Å². The van der Waals surface area contributed by atoms with E-state index in [1.807, 2.05) is 6.07 Å². The van der Waals surface area contributed by atoms with Gasteiger partial charge in [-0.05, 0) is 36.6 Å². The molecule has 0 spiro atoms. The number of hydrogen-bond donors (Lipinski definition) is 2. The number of aryl methyl sites for hydroxylation is 1. The summed E-state index contributed by atoms with van der Waals surface area (Å²) in [7, 11) is 0. The molecule has 1 amide bonds. The van der Waals surface area contributed by atoms with Crippen molar-refractivity contribution in [2.75, 3.05) is 41.7 Å². The lowest BCUT2D eigenvalue weighted by Gasteiger charge is -2.25. The summed E-state index contributed by atoms with van der Waals surface area (Å²) in [6.45, 7) is 5.94. The lowest BCUT2D eigenvalue weighted by atomic mass is 10.1. The van der Waals surface area contributed by atoms with Gasteiger partial charge in [0.1, 0.15) is 9.71 Å². The number of pyridine rings is 1. The monoisotopic (exact) mass is 395 g/mol. The summed E-state index contributed by atoms with van der Waals surface area (Å²) in [5.41, 5.74) is 15.9. The lowest BCUT2D eigenvalue weighted by Crippen LogP contribution is -2.30. The number of benzene rings is 1. The highest BCUT2D eigenvalue weighted by molar-refractivity contribution is 7.21. The van der Waals surface area contributed by atoms with Crippen LogP contribution in [0.5, 0.6) is 0 Å². The molecule has 0 unspecified atom stereocenters. The number of anilines is 3. The van der Waals surface area contributed by atoms with Crippen LogP contribution < -0.4 is 21.3 Å². The van der Waals surface area contributed by atoms with Gasteiger partial charge in [-0.15, -0.1) is 11.3 Å². The van der Waals surface area contributed by atoms with E-state index >= 15 is 0 Å². The van der Waals surface area contributed by atoms with Gasteiger partial charge >= 0.3 is 0 Å². The van der Waals surface area contributed by atoms with Crippen LogP contribution in [0.3, 0.4) is 0 Å². The van der Waals surface area contributed by atoms with E-state index in [0.29, 0.717) is 10.6 Å². The van der Waals surface area contributed by atoms with Crippen molar-refractivity contribution < 1.29 is 4.79 Å². The number of nitrogens with two attached hydrogens (primary N) is 2. The molecule has 0 aliphatic carbocycles. The predicted molar refractivity (Wildman–Crippen MR) is 117 cm³/mol. The molecule has 0 bridgehead atoms. The zero-order valence-electron chi connectivity index (χ0n) is 16.0. The highest BCUT2D eigenvalue weighted by Crippen LogP contribution is 2.38. The molecule has 2 aromatic heterocycles.